The average Bonchev–Trinajstić information content (AvgIpc) is 2.68. The van der Waals surface area contributed by atoms with Crippen molar-refractivity contribution >= 4 is 33.6 Å². The lowest BCUT2D eigenvalue weighted by Crippen LogP contribution is -2.44. The van der Waals surface area contributed by atoms with Gasteiger partial charge in [-0.1, -0.05) is 34.1 Å². The molecule has 0 spiro atoms. The molecule has 136 valence electrons. The summed E-state index contributed by atoms with van der Waals surface area (Å²) < 4.78 is 6.19. The lowest BCUT2D eigenvalue weighted by Gasteiger charge is -2.33. The van der Waals surface area contributed by atoms with E-state index in [9.17, 15) is 4.79 Å². The summed E-state index contributed by atoms with van der Waals surface area (Å²) in [4.78, 5) is 14.5. The van der Waals surface area contributed by atoms with Gasteiger partial charge in [-0.25, -0.2) is 0 Å². The molecule has 3 rings (SSSR count). The van der Waals surface area contributed by atoms with Gasteiger partial charge in [0.1, 0.15) is 5.75 Å². The number of carbonyl (C=O) groups is 1. The second kappa shape index (κ2) is 8.90. The highest BCUT2D eigenvalue weighted by Gasteiger charge is 2.20. The lowest BCUT2D eigenvalue weighted by atomic mass is 10.0. The Morgan fingerprint density at radius 1 is 1.15 bits per heavy atom. The van der Waals surface area contributed by atoms with Crippen molar-refractivity contribution in [1.82, 2.24) is 5.32 Å². The number of ether oxygens (including phenoxy) is 1. The number of hydrogen-bond acceptors (Lipinski definition) is 3. The first kappa shape index (κ1) is 18.5. The van der Waals surface area contributed by atoms with E-state index < -0.39 is 0 Å². The smallest absolute Gasteiger partial charge is 0.244 e. The Hall–Kier alpha value is -2.27. The maximum atomic E-state index is 12.2. The molecule has 0 unspecified atom stereocenters. The normalized spacial score (nSPS) is 15.2. The van der Waals surface area contributed by atoms with Gasteiger partial charge in [0.2, 0.25) is 5.91 Å². The lowest BCUT2D eigenvalue weighted by molar-refractivity contribution is -0.117. The summed E-state index contributed by atoms with van der Waals surface area (Å²) in [6, 6.07) is 16.2. The molecule has 1 aliphatic heterocycles. The number of methoxy groups -OCH3 is 1. The SMILES string of the molecule is COc1ccc(N2CCC(NC(=O)/C=C/c3ccccc3Br)CC2)cc1. The first-order valence-electron chi connectivity index (χ1n) is 8.78. The fourth-order valence-electron chi connectivity index (χ4n) is 3.10. The van der Waals surface area contributed by atoms with E-state index in [0.717, 1.165) is 41.7 Å². The highest BCUT2D eigenvalue weighted by Crippen LogP contribution is 2.23. The van der Waals surface area contributed by atoms with Crippen LogP contribution < -0.4 is 15.0 Å². The zero-order chi connectivity index (χ0) is 18.4. The van der Waals surface area contributed by atoms with E-state index in [0.29, 0.717) is 0 Å². The maximum Gasteiger partial charge on any atom is 0.244 e. The van der Waals surface area contributed by atoms with Crippen molar-refractivity contribution < 1.29 is 9.53 Å². The van der Waals surface area contributed by atoms with E-state index in [1.54, 1.807) is 13.2 Å². The molecule has 1 amide bonds. The Morgan fingerprint density at radius 2 is 1.85 bits per heavy atom. The molecule has 0 aliphatic carbocycles. The van der Waals surface area contributed by atoms with Gasteiger partial charge in [-0.05, 0) is 54.8 Å². The number of benzene rings is 2. The Labute approximate surface area is 163 Å². The number of piperidine rings is 1. The third kappa shape index (κ3) is 4.88. The van der Waals surface area contributed by atoms with Crippen molar-refractivity contribution in [3.63, 3.8) is 0 Å². The molecule has 0 atom stereocenters. The highest BCUT2D eigenvalue weighted by molar-refractivity contribution is 9.10. The van der Waals surface area contributed by atoms with Crippen molar-refractivity contribution in [1.29, 1.82) is 0 Å². The number of halogens is 1. The minimum absolute atomic E-state index is 0.0383. The van der Waals surface area contributed by atoms with E-state index in [4.69, 9.17) is 4.74 Å². The van der Waals surface area contributed by atoms with Crippen LogP contribution in [0.2, 0.25) is 0 Å². The van der Waals surface area contributed by atoms with E-state index in [-0.39, 0.29) is 11.9 Å². The fourth-order valence-corrected chi connectivity index (χ4v) is 3.52. The molecular weight excluding hydrogens is 392 g/mol. The highest BCUT2D eigenvalue weighted by atomic mass is 79.9. The van der Waals surface area contributed by atoms with Crippen molar-refractivity contribution in [3.05, 3.63) is 64.6 Å². The summed E-state index contributed by atoms with van der Waals surface area (Å²) in [7, 11) is 1.67. The van der Waals surface area contributed by atoms with Gasteiger partial charge in [0, 0.05) is 35.4 Å². The van der Waals surface area contributed by atoms with E-state index >= 15 is 0 Å². The number of anilines is 1. The molecule has 1 saturated heterocycles. The Bertz CT molecular complexity index is 766. The molecule has 26 heavy (non-hydrogen) atoms. The number of nitrogens with zero attached hydrogens (tertiary/aromatic N) is 1. The van der Waals surface area contributed by atoms with Crippen molar-refractivity contribution in [2.24, 2.45) is 0 Å². The summed E-state index contributed by atoms with van der Waals surface area (Å²) in [5.41, 5.74) is 2.20. The monoisotopic (exact) mass is 414 g/mol. The molecule has 2 aromatic carbocycles. The molecule has 0 saturated carbocycles. The number of carbonyl (C=O) groups excluding carboxylic acids is 1. The molecule has 0 radical (unpaired) electrons. The molecule has 0 aromatic heterocycles. The van der Waals surface area contributed by atoms with E-state index in [1.165, 1.54) is 5.69 Å². The van der Waals surface area contributed by atoms with E-state index in [1.807, 2.05) is 42.5 Å². The zero-order valence-electron chi connectivity index (χ0n) is 14.8. The molecule has 1 heterocycles. The molecule has 5 heteroatoms. The number of hydrogen-bond donors (Lipinski definition) is 1. The predicted octanol–water partition coefficient (Wildman–Crippen LogP) is 4.26. The number of nitrogens with one attached hydrogen (secondary N) is 1. The topological polar surface area (TPSA) is 41.6 Å². The molecule has 1 aliphatic rings. The van der Waals surface area contributed by atoms with Gasteiger partial charge in [0.25, 0.3) is 0 Å². The molecule has 2 aromatic rings. The predicted molar refractivity (Wildman–Crippen MR) is 110 cm³/mol. The second-order valence-corrected chi connectivity index (χ2v) is 7.18. The minimum atomic E-state index is -0.0383. The fraction of sp³-hybridized carbons (Fsp3) is 0.286. The standard InChI is InChI=1S/C21H23BrN2O2/c1-26-19-9-7-18(8-10-19)24-14-12-17(13-15-24)23-21(25)11-6-16-4-2-3-5-20(16)22/h2-11,17H,12-15H2,1H3,(H,23,25)/b11-6+. The van der Waals surface area contributed by atoms with Gasteiger partial charge < -0.3 is 15.0 Å². The molecule has 1 N–H and O–H groups in total. The van der Waals surface area contributed by atoms with Crippen LogP contribution in [0, 0.1) is 0 Å². The summed E-state index contributed by atoms with van der Waals surface area (Å²) in [6.45, 7) is 1.87. The van der Waals surface area contributed by atoms with Crippen LogP contribution >= 0.6 is 15.9 Å². The van der Waals surface area contributed by atoms with Crippen LogP contribution in [0.4, 0.5) is 5.69 Å². The maximum absolute atomic E-state index is 12.2. The molecular formula is C21H23BrN2O2. The molecule has 1 fully saturated rings. The van der Waals surface area contributed by atoms with Crippen LogP contribution in [-0.4, -0.2) is 32.1 Å². The van der Waals surface area contributed by atoms with Gasteiger partial charge in [-0.15, -0.1) is 0 Å². The summed E-state index contributed by atoms with van der Waals surface area (Å²) in [6.07, 6.45) is 5.34. The quantitative estimate of drug-likeness (QED) is 0.743. The summed E-state index contributed by atoms with van der Waals surface area (Å²) >= 11 is 3.49. The summed E-state index contributed by atoms with van der Waals surface area (Å²) in [5, 5.41) is 3.11. The van der Waals surface area contributed by atoms with Crippen LogP contribution in [0.25, 0.3) is 6.08 Å². The summed E-state index contributed by atoms with van der Waals surface area (Å²) in [5.74, 6) is 0.830. The second-order valence-electron chi connectivity index (χ2n) is 6.32. The van der Waals surface area contributed by atoms with Gasteiger partial charge in [0.15, 0.2) is 0 Å². The van der Waals surface area contributed by atoms with Gasteiger partial charge in [-0.2, -0.15) is 0 Å². The van der Waals surface area contributed by atoms with Crippen LogP contribution in [0.15, 0.2) is 59.1 Å². The third-order valence-electron chi connectivity index (χ3n) is 4.60. The van der Waals surface area contributed by atoms with Crippen LogP contribution in [-0.2, 0) is 4.79 Å². The first-order valence-corrected chi connectivity index (χ1v) is 9.57. The van der Waals surface area contributed by atoms with Crippen LogP contribution in [0.3, 0.4) is 0 Å². The van der Waals surface area contributed by atoms with Crippen molar-refractivity contribution in [2.75, 3.05) is 25.1 Å². The molecule has 4 nitrogen and oxygen atoms in total. The van der Waals surface area contributed by atoms with Crippen LogP contribution in [0.1, 0.15) is 18.4 Å². The largest absolute Gasteiger partial charge is 0.497 e. The Morgan fingerprint density at radius 3 is 2.50 bits per heavy atom. The van der Waals surface area contributed by atoms with Crippen LogP contribution in [0.5, 0.6) is 5.75 Å². The van der Waals surface area contributed by atoms with Gasteiger partial charge >= 0.3 is 0 Å². The Balaban J connectivity index is 1.49. The van der Waals surface area contributed by atoms with E-state index in [2.05, 4.69) is 38.3 Å². The third-order valence-corrected chi connectivity index (χ3v) is 5.32. The zero-order valence-corrected chi connectivity index (χ0v) is 16.4. The van der Waals surface area contributed by atoms with Gasteiger partial charge in [0.05, 0.1) is 7.11 Å². The molecule has 0 bridgehead atoms. The first-order chi connectivity index (χ1) is 12.7. The number of rotatable bonds is 5. The van der Waals surface area contributed by atoms with Crippen molar-refractivity contribution in [3.8, 4) is 5.75 Å². The Kier molecular flexibility index (Phi) is 6.34. The van der Waals surface area contributed by atoms with Crippen molar-refractivity contribution in [2.45, 2.75) is 18.9 Å². The minimum Gasteiger partial charge on any atom is -0.497 e. The van der Waals surface area contributed by atoms with Gasteiger partial charge in [-0.3, -0.25) is 4.79 Å². The average molecular weight is 415 g/mol. The number of amides is 1.